The summed E-state index contributed by atoms with van der Waals surface area (Å²) in [6.07, 6.45) is 1.75. The highest BCUT2D eigenvalue weighted by molar-refractivity contribution is 7.99. The van der Waals surface area contributed by atoms with Gasteiger partial charge in [0.05, 0.1) is 6.10 Å². The minimum atomic E-state index is -0.485. The molecule has 14 heavy (non-hydrogen) atoms. The zero-order chi connectivity index (χ0) is 10.4. The lowest BCUT2D eigenvalue weighted by atomic mass is 10.2. The molecule has 82 valence electrons. The Hall–Kier alpha value is -0.420. The van der Waals surface area contributed by atoms with Crippen LogP contribution < -0.4 is 10.6 Å². The van der Waals surface area contributed by atoms with Gasteiger partial charge in [-0.3, -0.25) is 0 Å². The van der Waals surface area contributed by atoms with Crippen LogP contribution in [0.5, 0.6) is 0 Å². The maximum atomic E-state index is 11.3. The molecule has 0 aromatic heterocycles. The summed E-state index contributed by atoms with van der Waals surface area (Å²) in [5, 5.41) is 14.5. The third-order valence-electron chi connectivity index (χ3n) is 2.05. The van der Waals surface area contributed by atoms with Crippen molar-refractivity contribution in [1.29, 1.82) is 0 Å². The van der Waals surface area contributed by atoms with Gasteiger partial charge in [-0.1, -0.05) is 0 Å². The van der Waals surface area contributed by atoms with Gasteiger partial charge in [0.2, 0.25) is 0 Å². The minimum absolute atomic E-state index is 0.168. The highest BCUT2D eigenvalue weighted by atomic mass is 32.2. The van der Waals surface area contributed by atoms with Crippen LogP contribution in [-0.2, 0) is 0 Å². The Kier molecular flexibility index (Phi) is 5.11. The molecule has 0 aliphatic carbocycles. The minimum Gasteiger partial charge on any atom is -0.392 e. The van der Waals surface area contributed by atoms with Gasteiger partial charge in [-0.2, -0.15) is 11.8 Å². The van der Waals surface area contributed by atoms with E-state index in [9.17, 15) is 4.79 Å². The molecule has 5 heteroatoms. The maximum Gasteiger partial charge on any atom is 0.315 e. The number of carbonyl (C=O) groups is 1. The first-order chi connectivity index (χ1) is 6.68. The molecule has 4 nitrogen and oxygen atoms in total. The normalized spacial score (nSPS) is 24.0. The third-order valence-corrected chi connectivity index (χ3v) is 3.27. The molecule has 0 aromatic rings. The Morgan fingerprint density at radius 3 is 3.07 bits per heavy atom. The Morgan fingerprint density at radius 1 is 1.71 bits per heavy atom. The van der Waals surface area contributed by atoms with Gasteiger partial charge >= 0.3 is 6.03 Å². The molecular weight excluding hydrogens is 200 g/mol. The zero-order valence-electron chi connectivity index (χ0n) is 8.45. The van der Waals surface area contributed by atoms with Crippen molar-refractivity contribution in [3.05, 3.63) is 0 Å². The number of nitrogens with one attached hydrogen (secondary N) is 2. The lowest BCUT2D eigenvalue weighted by Crippen LogP contribution is -2.45. The molecule has 1 heterocycles. The lowest BCUT2D eigenvalue weighted by molar-refractivity contribution is 0.186. The highest BCUT2D eigenvalue weighted by Crippen LogP contribution is 2.16. The predicted octanol–water partition coefficient (Wildman–Crippen LogP) is 0.562. The van der Waals surface area contributed by atoms with E-state index in [0.29, 0.717) is 12.6 Å². The fourth-order valence-corrected chi connectivity index (χ4v) is 2.40. The summed E-state index contributed by atoms with van der Waals surface area (Å²) in [7, 11) is 0. The van der Waals surface area contributed by atoms with Crippen LogP contribution in [0.4, 0.5) is 4.79 Å². The van der Waals surface area contributed by atoms with Crippen LogP contribution >= 0.6 is 11.8 Å². The van der Waals surface area contributed by atoms with Crippen molar-refractivity contribution < 1.29 is 9.90 Å². The third kappa shape index (κ3) is 4.72. The molecule has 0 radical (unpaired) electrons. The van der Waals surface area contributed by atoms with Crippen LogP contribution in [0.1, 0.15) is 19.8 Å². The standard InChI is InChI=1S/C9H18N2O2S/c1-7(12)5-10-9(13)11-8-3-2-4-14-6-8/h7-8,12H,2-6H2,1H3,(H2,10,11,13). The number of carbonyl (C=O) groups excluding carboxylic acids is 1. The summed E-state index contributed by atoms with van der Waals surface area (Å²) in [5.74, 6) is 2.20. The Bertz CT molecular complexity index is 182. The van der Waals surface area contributed by atoms with Crippen molar-refractivity contribution in [2.24, 2.45) is 0 Å². The van der Waals surface area contributed by atoms with Gasteiger partial charge in [0.1, 0.15) is 0 Å². The van der Waals surface area contributed by atoms with Crippen molar-refractivity contribution in [3.63, 3.8) is 0 Å². The van der Waals surface area contributed by atoms with Gasteiger partial charge in [0, 0.05) is 18.3 Å². The molecule has 0 bridgehead atoms. The van der Waals surface area contributed by atoms with Gasteiger partial charge in [-0.15, -0.1) is 0 Å². The molecule has 0 saturated carbocycles. The average molecular weight is 218 g/mol. The lowest BCUT2D eigenvalue weighted by Gasteiger charge is -2.22. The molecule has 1 aliphatic heterocycles. The van der Waals surface area contributed by atoms with E-state index < -0.39 is 6.10 Å². The van der Waals surface area contributed by atoms with Crippen LogP contribution in [0.25, 0.3) is 0 Å². The molecule has 3 N–H and O–H groups in total. The second kappa shape index (κ2) is 6.14. The second-order valence-electron chi connectivity index (χ2n) is 3.62. The Morgan fingerprint density at radius 2 is 2.50 bits per heavy atom. The fourth-order valence-electron chi connectivity index (χ4n) is 1.33. The summed E-state index contributed by atoms with van der Waals surface area (Å²) in [5.41, 5.74) is 0. The molecule has 1 aliphatic rings. The number of urea groups is 1. The van der Waals surface area contributed by atoms with E-state index in [4.69, 9.17) is 5.11 Å². The van der Waals surface area contributed by atoms with Crippen LogP contribution in [0.15, 0.2) is 0 Å². The van der Waals surface area contributed by atoms with E-state index in [-0.39, 0.29) is 6.03 Å². The van der Waals surface area contributed by atoms with Crippen molar-refractivity contribution in [3.8, 4) is 0 Å². The second-order valence-corrected chi connectivity index (χ2v) is 4.77. The van der Waals surface area contributed by atoms with E-state index in [0.717, 1.165) is 12.2 Å². The molecule has 0 spiro atoms. The van der Waals surface area contributed by atoms with Crippen LogP contribution in [0.3, 0.4) is 0 Å². The van der Waals surface area contributed by atoms with E-state index in [1.54, 1.807) is 6.92 Å². The van der Waals surface area contributed by atoms with Gasteiger partial charge in [-0.25, -0.2) is 4.79 Å². The number of aliphatic hydroxyl groups is 1. The van der Waals surface area contributed by atoms with Gasteiger partial charge in [0.25, 0.3) is 0 Å². The van der Waals surface area contributed by atoms with E-state index in [1.807, 2.05) is 11.8 Å². The largest absolute Gasteiger partial charge is 0.392 e. The van der Waals surface area contributed by atoms with Crippen LogP contribution in [-0.4, -0.2) is 41.3 Å². The SMILES string of the molecule is CC(O)CNC(=O)NC1CCCSC1. The van der Waals surface area contributed by atoms with Crippen molar-refractivity contribution in [2.75, 3.05) is 18.1 Å². The summed E-state index contributed by atoms with van der Waals surface area (Å²) >= 11 is 1.88. The van der Waals surface area contributed by atoms with Crippen molar-refractivity contribution >= 4 is 17.8 Å². The number of rotatable bonds is 3. The molecule has 2 atom stereocenters. The topological polar surface area (TPSA) is 61.4 Å². The quantitative estimate of drug-likeness (QED) is 0.649. The van der Waals surface area contributed by atoms with Gasteiger partial charge in [0.15, 0.2) is 0 Å². The molecular formula is C9H18N2O2S. The monoisotopic (exact) mass is 218 g/mol. The summed E-state index contributed by atoms with van der Waals surface area (Å²) in [6, 6.07) is 0.126. The number of amides is 2. The number of aliphatic hydroxyl groups excluding tert-OH is 1. The first-order valence-corrected chi connectivity index (χ1v) is 6.14. The number of hydrogen-bond donors (Lipinski definition) is 3. The Labute approximate surface area is 88.8 Å². The number of thioether (sulfide) groups is 1. The molecule has 1 saturated heterocycles. The zero-order valence-corrected chi connectivity index (χ0v) is 9.27. The molecule has 2 amide bonds. The summed E-state index contributed by atoms with van der Waals surface area (Å²) < 4.78 is 0. The first kappa shape index (κ1) is 11.7. The fraction of sp³-hybridized carbons (Fsp3) is 0.889. The van der Waals surface area contributed by atoms with E-state index in [2.05, 4.69) is 10.6 Å². The average Bonchev–Trinajstić information content (AvgIpc) is 2.16. The maximum absolute atomic E-state index is 11.3. The molecule has 1 fully saturated rings. The van der Waals surface area contributed by atoms with Gasteiger partial charge < -0.3 is 15.7 Å². The Balaban J connectivity index is 2.12. The van der Waals surface area contributed by atoms with Crippen LogP contribution in [0.2, 0.25) is 0 Å². The predicted molar refractivity (Wildman–Crippen MR) is 58.6 cm³/mol. The van der Waals surface area contributed by atoms with E-state index in [1.165, 1.54) is 12.2 Å². The highest BCUT2D eigenvalue weighted by Gasteiger charge is 2.15. The van der Waals surface area contributed by atoms with E-state index >= 15 is 0 Å². The molecule has 0 aromatic carbocycles. The summed E-state index contributed by atoms with van der Waals surface area (Å²) in [6.45, 7) is 1.96. The van der Waals surface area contributed by atoms with Gasteiger partial charge in [-0.05, 0) is 25.5 Å². The van der Waals surface area contributed by atoms with Crippen LogP contribution in [0, 0.1) is 0 Å². The first-order valence-electron chi connectivity index (χ1n) is 4.98. The number of hydrogen-bond acceptors (Lipinski definition) is 3. The van der Waals surface area contributed by atoms with Crippen molar-refractivity contribution in [1.82, 2.24) is 10.6 Å². The molecule has 2 unspecified atom stereocenters. The molecule has 1 rings (SSSR count). The smallest absolute Gasteiger partial charge is 0.315 e. The van der Waals surface area contributed by atoms with Crippen molar-refractivity contribution in [2.45, 2.75) is 31.9 Å². The summed E-state index contributed by atoms with van der Waals surface area (Å²) in [4.78, 5) is 11.3.